The van der Waals surface area contributed by atoms with E-state index in [1.54, 1.807) is 6.92 Å². The molecular weight excluding hydrogens is 238 g/mol. The third kappa shape index (κ3) is 2.60. The number of ether oxygens (including phenoxy) is 2. The number of carbonyl (C=O) groups is 1. The van der Waals surface area contributed by atoms with Crippen LogP contribution in [-0.4, -0.2) is 18.2 Å². The van der Waals surface area contributed by atoms with Gasteiger partial charge in [-0.05, 0) is 18.6 Å². The van der Waals surface area contributed by atoms with Crippen molar-refractivity contribution in [2.45, 2.75) is 6.92 Å². The molecule has 0 atom stereocenters. The summed E-state index contributed by atoms with van der Waals surface area (Å²) in [5.74, 6) is 0.0444. The highest BCUT2D eigenvalue weighted by molar-refractivity contribution is 6.32. The van der Waals surface area contributed by atoms with Gasteiger partial charge in [0.15, 0.2) is 0 Å². The summed E-state index contributed by atoms with van der Waals surface area (Å²) < 4.78 is 8.99. The number of nitrogens with zero attached hydrogens (tertiary/aromatic N) is 1. The largest absolute Gasteiger partial charge is 0.513 e. The number of methoxy groups -OCH3 is 1. The summed E-state index contributed by atoms with van der Waals surface area (Å²) in [4.78, 5) is 20.8. The van der Waals surface area contributed by atoms with Crippen LogP contribution in [0.15, 0.2) is 12.1 Å². The standard InChI is InChI=1S/C9H8ClNO5/c1-5-3-6(10)7(11(13)14)4-8(5)16-9(12)15-2/h3-4H,1-2H3. The highest BCUT2D eigenvalue weighted by Crippen LogP contribution is 2.32. The second-order valence-electron chi connectivity index (χ2n) is 2.88. The van der Waals surface area contributed by atoms with E-state index in [2.05, 4.69) is 4.74 Å². The van der Waals surface area contributed by atoms with E-state index in [1.807, 2.05) is 0 Å². The van der Waals surface area contributed by atoms with Gasteiger partial charge in [0, 0.05) is 0 Å². The molecule has 0 aliphatic carbocycles. The van der Waals surface area contributed by atoms with Crippen LogP contribution in [0.25, 0.3) is 0 Å². The average Bonchev–Trinajstić information content (AvgIpc) is 2.21. The minimum absolute atomic E-state index is 0.0142. The Morgan fingerprint density at radius 1 is 1.50 bits per heavy atom. The Morgan fingerprint density at radius 2 is 2.12 bits per heavy atom. The van der Waals surface area contributed by atoms with Gasteiger partial charge in [-0.2, -0.15) is 0 Å². The molecule has 16 heavy (non-hydrogen) atoms. The number of nitro groups is 1. The van der Waals surface area contributed by atoms with E-state index in [9.17, 15) is 14.9 Å². The topological polar surface area (TPSA) is 78.7 Å². The summed E-state index contributed by atoms with van der Waals surface area (Å²) in [6.07, 6.45) is -0.945. The Labute approximate surface area is 95.9 Å². The van der Waals surface area contributed by atoms with Crippen molar-refractivity contribution >= 4 is 23.4 Å². The summed E-state index contributed by atoms with van der Waals surface area (Å²) in [6, 6.07) is 2.42. The van der Waals surface area contributed by atoms with Crippen molar-refractivity contribution in [3.63, 3.8) is 0 Å². The first-order valence-electron chi connectivity index (χ1n) is 4.16. The summed E-state index contributed by atoms with van der Waals surface area (Å²) in [5, 5.41) is 10.6. The minimum atomic E-state index is -0.945. The van der Waals surface area contributed by atoms with Gasteiger partial charge in [0.25, 0.3) is 5.69 Å². The van der Waals surface area contributed by atoms with Crippen LogP contribution in [-0.2, 0) is 4.74 Å². The molecule has 0 spiro atoms. The van der Waals surface area contributed by atoms with Gasteiger partial charge in [0.05, 0.1) is 18.1 Å². The van der Waals surface area contributed by atoms with E-state index in [0.717, 1.165) is 13.2 Å². The third-order valence-corrected chi connectivity index (χ3v) is 2.10. The molecule has 0 aliphatic rings. The SMILES string of the molecule is COC(=O)Oc1cc([N+](=O)[O-])c(Cl)cc1C. The molecule has 0 aromatic heterocycles. The lowest BCUT2D eigenvalue weighted by atomic mass is 10.2. The highest BCUT2D eigenvalue weighted by Gasteiger charge is 2.17. The van der Waals surface area contributed by atoms with Crippen molar-refractivity contribution in [3.8, 4) is 5.75 Å². The molecule has 86 valence electrons. The molecule has 0 radical (unpaired) electrons. The van der Waals surface area contributed by atoms with Crippen molar-refractivity contribution < 1.29 is 19.2 Å². The molecule has 7 heteroatoms. The first kappa shape index (κ1) is 12.3. The second-order valence-corrected chi connectivity index (χ2v) is 3.29. The van der Waals surface area contributed by atoms with Crippen molar-refractivity contribution in [2.75, 3.05) is 7.11 Å². The van der Waals surface area contributed by atoms with E-state index < -0.39 is 11.1 Å². The molecule has 0 aliphatic heterocycles. The molecular formula is C9H8ClNO5. The van der Waals surface area contributed by atoms with Crippen molar-refractivity contribution in [3.05, 3.63) is 32.8 Å². The number of halogens is 1. The van der Waals surface area contributed by atoms with Crippen molar-refractivity contribution in [1.82, 2.24) is 0 Å². The van der Waals surface area contributed by atoms with Gasteiger partial charge in [-0.25, -0.2) is 4.79 Å². The average molecular weight is 246 g/mol. The van der Waals surface area contributed by atoms with Gasteiger partial charge in [0.2, 0.25) is 0 Å². The third-order valence-electron chi connectivity index (χ3n) is 1.80. The monoisotopic (exact) mass is 245 g/mol. The molecule has 1 aromatic carbocycles. The lowest BCUT2D eigenvalue weighted by molar-refractivity contribution is -0.384. The molecule has 1 aromatic rings. The van der Waals surface area contributed by atoms with E-state index in [1.165, 1.54) is 6.07 Å². The maximum Gasteiger partial charge on any atom is 0.513 e. The number of carbonyl (C=O) groups excluding carboxylic acids is 1. The van der Waals surface area contributed by atoms with Crippen LogP contribution in [0.4, 0.5) is 10.5 Å². The summed E-state index contributed by atoms with van der Waals surface area (Å²) >= 11 is 5.65. The fourth-order valence-corrected chi connectivity index (χ4v) is 1.31. The Morgan fingerprint density at radius 3 is 2.62 bits per heavy atom. The second kappa shape index (κ2) is 4.80. The maximum absolute atomic E-state index is 10.9. The summed E-state index contributed by atoms with van der Waals surface area (Å²) in [7, 11) is 1.14. The predicted octanol–water partition coefficient (Wildman–Crippen LogP) is 2.70. The summed E-state index contributed by atoms with van der Waals surface area (Å²) in [5.41, 5.74) is 0.173. The van der Waals surface area contributed by atoms with Crippen LogP contribution in [0.2, 0.25) is 5.02 Å². The number of hydrogen-bond acceptors (Lipinski definition) is 5. The van der Waals surface area contributed by atoms with Crippen LogP contribution in [0.5, 0.6) is 5.75 Å². The molecule has 0 saturated carbocycles. The molecule has 0 bridgehead atoms. The molecule has 0 N–H and O–H groups in total. The number of nitro benzene ring substituents is 1. The van der Waals surface area contributed by atoms with E-state index >= 15 is 0 Å². The zero-order chi connectivity index (χ0) is 12.3. The minimum Gasteiger partial charge on any atom is -0.437 e. The van der Waals surface area contributed by atoms with E-state index in [-0.39, 0.29) is 16.5 Å². The van der Waals surface area contributed by atoms with Gasteiger partial charge >= 0.3 is 6.16 Å². The molecule has 0 unspecified atom stereocenters. The van der Waals surface area contributed by atoms with Crippen molar-refractivity contribution in [2.24, 2.45) is 0 Å². The first-order valence-corrected chi connectivity index (χ1v) is 4.54. The maximum atomic E-state index is 10.9. The Kier molecular flexibility index (Phi) is 3.68. The molecule has 0 saturated heterocycles. The number of hydrogen-bond donors (Lipinski definition) is 0. The van der Waals surface area contributed by atoms with Gasteiger partial charge in [-0.1, -0.05) is 11.6 Å². The van der Waals surface area contributed by atoms with E-state index in [0.29, 0.717) is 5.56 Å². The molecule has 0 amide bonds. The van der Waals surface area contributed by atoms with Gasteiger partial charge in [-0.15, -0.1) is 0 Å². The summed E-state index contributed by atoms with van der Waals surface area (Å²) in [6.45, 7) is 1.61. The quantitative estimate of drug-likeness (QED) is 0.346. The molecule has 6 nitrogen and oxygen atoms in total. The Bertz CT molecular complexity index is 446. The number of aryl methyl sites for hydroxylation is 1. The lowest BCUT2D eigenvalue weighted by Crippen LogP contribution is -2.08. The molecule has 0 heterocycles. The normalized spacial score (nSPS) is 9.69. The molecule has 1 rings (SSSR count). The smallest absolute Gasteiger partial charge is 0.437 e. The van der Waals surface area contributed by atoms with E-state index in [4.69, 9.17) is 16.3 Å². The highest BCUT2D eigenvalue weighted by atomic mass is 35.5. The fraction of sp³-hybridized carbons (Fsp3) is 0.222. The number of rotatable bonds is 2. The molecule has 0 fully saturated rings. The fourth-order valence-electron chi connectivity index (χ4n) is 1.02. The first-order chi connectivity index (χ1) is 7.45. The van der Waals surface area contributed by atoms with Crippen LogP contribution in [0, 0.1) is 17.0 Å². The van der Waals surface area contributed by atoms with Gasteiger partial charge in [0.1, 0.15) is 10.8 Å². The zero-order valence-corrected chi connectivity index (χ0v) is 9.28. The van der Waals surface area contributed by atoms with Crippen LogP contribution in [0.1, 0.15) is 5.56 Å². The van der Waals surface area contributed by atoms with Crippen LogP contribution < -0.4 is 4.74 Å². The van der Waals surface area contributed by atoms with Crippen molar-refractivity contribution in [1.29, 1.82) is 0 Å². The van der Waals surface area contributed by atoms with Gasteiger partial charge < -0.3 is 9.47 Å². The van der Waals surface area contributed by atoms with Crippen LogP contribution in [0.3, 0.4) is 0 Å². The lowest BCUT2D eigenvalue weighted by Gasteiger charge is -2.06. The van der Waals surface area contributed by atoms with Crippen LogP contribution >= 0.6 is 11.6 Å². The predicted molar refractivity (Wildman–Crippen MR) is 55.9 cm³/mol. The zero-order valence-electron chi connectivity index (χ0n) is 8.52. The number of benzene rings is 1. The Hall–Kier alpha value is -1.82. The Balaban J connectivity index is 3.14. The van der Waals surface area contributed by atoms with Gasteiger partial charge in [-0.3, -0.25) is 10.1 Å².